The minimum atomic E-state index is -0.911. The summed E-state index contributed by atoms with van der Waals surface area (Å²) in [6.07, 6.45) is -0.839. The second-order valence-electron chi connectivity index (χ2n) is 3.77. The van der Waals surface area contributed by atoms with Gasteiger partial charge < -0.3 is 9.47 Å². The minimum absolute atomic E-state index is 0.0716. The summed E-state index contributed by atoms with van der Waals surface area (Å²) in [7, 11) is 0. The van der Waals surface area contributed by atoms with Crippen molar-refractivity contribution in [3.8, 4) is 0 Å². The van der Waals surface area contributed by atoms with E-state index in [9.17, 15) is 9.59 Å². The standard InChI is InChI=1S/C12H12O4/c1-8-7-10(13)15-12(16-11(8)14)9-5-3-2-4-6-9/h2-6,8,12H,7H2,1H3. The van der Waals surface area contributed by atoms with Crippen LogP contribution >= 0.6 is 0 Å². The predicted molar refractivity (Wildman–Crippen MR) is 55.1 cm³/mol. The van der Waals surface area contributed by atoms with Gasteiger partial charge in [0.2, 0.25) is 0 Å². The summed E-state index contributed by atoms with van der Waals surface area (Å²) in [6, 6.07) is 8.94. The molecular weight excluding hydrogens is 208 g/mol. The highest BCUT2D eigenvalue weighted by atomic mass is 16.7. The van der Waals surface area contributed by atoms with E-state index in [4.69, 9.17) is 9.47 Å². The zero-order valence-corrected chi connectivity index (χ0v) is 8.88. The van der Waals surface area contributed by atoms with Crippen LogP contribution in [-0.2, 0) is 19.1 Å². The number of hydrogen-bond donors (Lipinski definition) is 0. The molecule has 1 aliphatic rings. The normalized spacial score (nSPS) is 25.6. The van der Waals surface area contributed by atoms with E-state index in [-0.39, 0.29) is 6.42 Å². The van der Waals surface area contributed by atoms with Crippen LogP contribution in [0.1, 0.15) is 25.2 Å². The Bertz CT molecular complexity index is 399. The number of hydrogen-bond acceptors (Lipinski definition) is 4. The summed E-state index contributed by atoms with van der Waals surface area (Å²) in [4.78, 5) is 22.9. The van der Waals surface area contributed by atoms with E-state index in [1.54, 1.807) is 31.2 Å². The molecule has 1 aromatic rings. The van der Waals surface area contributed by atoms with Crippen molar-refractivity contribution in [3.05, 3.63) is 35.9 Å². The first-order valence-corrected chi connectivity index (χ1v) is 5.12. The van der Waals surface area contributed by atoms with Gasteiger partial charge in [0.25, 0.3) is 6.29 Å². The summed E-state index contributed by atoms with van der Waals surface area (Å²) < 4.78 is 10.2. The van der Waals surface area contributed by atoms with Crippen LogP contribution in [0, 0.1) is 5.92 Å². The fourth-order valence-electron chi connectivity index (χ4n) is 1.49. The topological polar surface area (TPSA) is 52.6 Å². The zero-order chi connectivity index (χ0) is 11.5. The highest BCUT2D eigenvalue weighted by Crippen LogP contribution is 2.25. The molecule has 2 unspecified atom stereocenters. The van der Waals surface area contributed by atoms with Crippen molar-refractivity contribution in [1.82, 2.24) is 0 Å². The maximum Gasteiger partial charge on any atom is 0.312 e. The summed E-state index contributed by atoms with van der Waals surface area (Å²) in [5.74, 6) is -1.26. The van der Waals surface area contributed by atoms with Crippen LogP contribution in [0.2, 0.25) is 0 Å². The van der Waals surface area contributed by atoms with Crippen molar-refractivity contribution in [1.29, 1.82) is 0 Å². The van der Waals surface area contributed by atoms with Crippen molar-refractivity contribution >= 4 is 11.9 Å². The van der Waals surface area contributed by atoms with Gasteiger partial charge in [0.15, 0.2) is 0 Å². The largest absolute Gasteiger partial charge is 0.421 e. The fraction of sp³-hybridized carbons (Fsp3) is 0.333. The van der Waals surface area contributed by atoms with E-state index >= 15 is 0 Å². The monoisotopic (exact) mass is 220 g/mol. The van der Waals surface area contributed by atoms with Gasteiger partial charge in [0.1, 0.15) is 0 Å². The lowest BCUT2D eigenvalue weighted by Gasteiger charge is -2.15. The molecule has 0 N–H and O–H groups in total. The molecule has 1 aliphatic heterocycles. The van der Waals surface area contributed by atoms with Crippen LogP contribution in [0.15, 0.2) is 30.3 Å². The molecule has 0 spiro atoms. The van der Waals surface area contributed by atoms with Crippen LogP contribution in [0.4, 0.5) is 0 Å². The number of esters is 2. The Kier molecular flexibility index (Phi) is 2.90. The molecule has 4 nitrogen and oxygen atoms in total. The number of ether oxygens (including phenoxy) is 2. The van der Waals surface area contributed by atoms with Crippen LogP contribution in [0.5, 0.6) is 0 Å². The van der Waals surface area contributed by atoms with Crippen LogP contribution in [0.25, 0.3) is 0 Å². The van der Waals surface area contributed by atoms with Gasteiger partial charge in [-0.15, -0.1) is 0 Å². The third-order valence-electron chi connectivity index (χ3n) is 2.41. The summed E-state index contributed by atoms with van der Waals surface area (Å²) in [5, 5.41) is 0. The van der Waals surface area contributed by atoms with Gasteiger partial charge >= 0.3 is 11.9 Å². The molecular formula is C12H12O4. The van der Waals surface area contributed by atoms with E-state index in [0.29, 0.717) is 5.56 Å². The van der Waals surface area contributed by atoms with Gasteiger partial charge in [0, 0.05) is 5.56 Å². The van der Waals surface area contributed by atoms with Gasteiger partial charge in [-0.05, 0) is 0 Å². The summed E-state index contributed by atoms with van der Waals surface area (Å²) >= 11 is 0. The molecule has 1 heterocycles. The summed E-state index contributed by atoms with van der Waals surface area (Å²) in [6.45, 7) is 1.65. The molecule has 0 bridgehead atoms. The molecule has 0 amide bonds. The van der Waals surface area contributed by atoms with Crippen molar-refractivity contribution < 1.29 is 19.1 Å². The molecule has 4 heteroatoms. The number of carbonyl (C=O) groups is 2. The Balaban J connectivity index is 2.22. The second-order valence-corrected chi connectivity index (χ2v) is 3.77. The van der Waals surface area contributed by atoms with Crippen LogP contribution in [0.3, 0.4) is 0 Å². The first-order valence-electron chi connectivity index (χ1n) is 5.12. The molecule has 1 aromatic carbocycles. The Morgan fingerprint density at radius 2 is 1.81 bits per heavy atom. The highest BCUT2D eigenvalue weighted by Gasteiger charge is 2.30. The molecule has 2 rings (SSSR count). The van der Waals surface area contributed by atoms with Crippen molar-refractivity contribution in [2.45, 2.75) is 19.6 Å². The Morgan fingerprint density at radius 1 is 1.12 bits per heavy atom. The van der Waals surface area contributed by atoms with E-state index in [1.165, 1.54) is 0 Å². The lowest BCUT2D eigenvalue weighted by Crippen LogP contribution is -2.14. The smallest absolute Gasteiger partial charge is 0.312 e. The van der Waals surface area contributed by atoms with E-state index in [2.05, 4.69) is 0 Å². The van der Waals surface area contributed by atoms with Gasteiger partial charge in [-0.2, -0.15) is 0 Å². The van der Waals surface area contributed by atoms with Gasteiger partial charge in [-0.3, -0.25) is 9.59 Å². The lowest BCUT2D eigenvalue weighted by molar-refractivity contribution is -0.183. The third kappa shape index (κ3) is 2.21. The lowest BCUT2D eigenvalue weighted by atomic mass is 10.1. The van der Waals surface area contributed by atoms with Gasteiger partial charge in [-0.1, -0.05) is 37.3 Å². The molecule has 0 saturated carbocycles. The van der Waals surface area contributed by atoms with E-state index in [1.807, 2.05) is 6.07 Å². The van der Waals surface area contributed by atoms with Gasteiger partial charge in [0.05, 0.1) is 12.3 Å². The Morgan fingerprint density at radius 3 is 2.50 bits per heavy atom. The SMILES string of the molecule is CC1CC(=O)OC(c2ccccc2)OC1=O. The third-order valence-corrected chi connectivity index (χ3v) is 2.41. The zero-order valence-electron chi connectivity index (χ0n) is 8.88. The van der Waals surface area contributed by atoms with E-state index in [0.717, 1.165) is 0 Å². The maximum absolute atomic E-state index is 11.5. The number of cyclic esters (lactones) is 2. The Hall–Kier alpha value is -1.84. The molecule has 16 heavy (non-hydrogen) atoms. The molecule has 0 radical (unpaired) electrons. The van der Waals surface area contributed by atoms with Crippen molar-refractivity contribution in [2.24, 2.45) is 5.92 Å². The van der Waals surface area contributed by atoms with E-state index < -0.39 is 24.1 Å². The Labute approximate surface area is 93.2 Å². The number of carbonyl (C=O) groups excluding carboxylic acids is 2. The van der Waals surface area contributed by atoms with Crippen molar-refractivity contribution in [2.75, 3.05) is 0 Å². The van der Waals surface area contributed by atoms with Crippen LogP contribution < -0.4 is 0 Å². The fourth-order valence-corrected chi connectivity index (χ4v) is 1.49. The summed E-state index contributed by atoms with van der Waals surface area (Å²) in [5.41, 5.74) is 0.665. The number of benzene rings is 1. The average Bonchev–Trinajstić information content (AvgIpc) is 2.40. The number of rotatable bonds is 1. The molecule has 1 saturated heterocycles. The first kappa shape index (κ1) is 10.7. The second kappa shape index (κ2) is 4.35. The first-order chi connectivity index (χ1) is 7.66. The van der Waals surface area contributed by atoms with Crippen LogP contribution in [-0.4, -0.2) is 11.9 Å². The molecule has 1 fully saturated rings. The maximum atomic E-state index is 11.5. The molecule has 84 valence electrons. The predicted octanol–water partition coefficient (Wildman–Crippen LogP) is 1.81. The van der Waals surface area contributed by atoms with Crippen molar-refractivity contribution in [3.63, 3.8) is 0 Å². The molecule has 2 atom stereocenters. The highest BCUT2D eigenvalue weighted by molar-refractivity contribution is 5.81. The average molecular weight is 220 g/mol. The molecule has 0 aliphatic carbocycles. The molecule has 0 aromatic heterocycles. The minimum Gasteiger partial charge on any atom is -0.421 e. The quantitative estimate of drug-likeness (QED) is 0.677. The van der Waals surface area contributed by atoms with Gasteiger partial charge in [-0.25, -0.2) is 0 Å².